The molecule has 0 unspecified atom stereocenters. The van der Waals surface area contributed by atoms with Gasteiger partial charge in [-0.15, -0.1) is 0 Å². The van der Waals surface area contributed by atoms with Crippen LogP contribution >= 0.6 is 0 Å². The Morgan fingerprint density at radius 3 is 2.45 bits per heavy atom. The van der Waals surface area contributed by atoms with Gasteiger partial charge in [0, 0.05) is 36.3 Å². The number of hydrogen-bond acceptors (Lipinski definition) is 4. The number of aromatic nitrogens is 4. The average Bonchev–Trinajstić information content (AvgIpc) is 2.77. The number of anilines is 1. The van der Waals surface area contributed by atoms with E-state index in [2.05, 4.69) is 43.1 Å². The molecule has 0 radical (unpaired) electrons. The summed E-state index contributed by atoms with van der Waals surface area (Å²) in [6.07, 6.45) is 3.83. The zero-order valence-electron chi connectivity index (χ0n) is 13.2. The molecule has 0 aliphatic carbocycles. The van der Waals surface area contributed by atoms with Crippen molar-refractivity contribution in [2.75, 3.05) is 11.9 Å². The van der Waals surface area contributed by atoms with Crippen molar-refractivity contribution in [3.05, 3.63) is 23.8 Å². The van der Waals surface area contributed by atoms with Gasteiger partial charge in [0.2, 0.25) is 0 Å². The van der Waals surface area contributed by atoms with Gasteiger partial charge >= 0.3 is 0 Å². The highest BCUT2D eigenvalue weighted by atomic mass is 15.2. The second kappa shape index (κ2) is 5.23. The normalized spacial score (nSPS) is 11.7. The molecule has 2 rings (SSSR count). The highest BCUT2D eigenvalue weighted by Gasteiger charge is 2.22. The van der Waals surface area contributed by atoms with Crippen LogP contribution in [0.4, 0.5) is 5.82 Å². The smallest absolute Gasteiger partial charge is 0.136 e. The molecule has 0 saturated heterocycles. The topological polar surface area (TPSA) is 55.6 Å². The third-order valence-electron chi connectivity index (χ3n) is 3.14. The Labute approximate surface area is 120 Å². The highest BCUT2D eigenvalue weighted by Crippen LogP contribution is 2.29. The molecule has 2 heterocycles. The number of hydrogen-bond donors (Lipinski definition) is 1. The van der Waals surface area contributed by atoms with E-state index in [1.807, 2.05) is 26.4 Å². The van der Waals surface area contributed by atoms with E-state index in [-0.39, 0.29) is 5.41 Å². The third-order valence-corrected chi connectivity index (χ3v) is 3.14. The van der Waals surface area contributed by atoms with Crippen molar-refractivity contribution in [3.8, 4) is 11.3 Å². The zero-order valence-corrected chi connectivity index (χ0v) is 13.2. The summed E-state index contributed by atoms with van der Waals surface area (Å²) in [6.45, 7) is 11.3. The fourth-order valence-electron chi connectivity index (χ4n) is 2.02. The van der Waals surface area contributed by atoms with Gasteiger partial charge in [-0.05, 0) is 13.8 Å². The van der Waals surface area contributed by atoms with Gasteiger partial charge in [-0.25, -0.2) is 9.97 Å². The second-order valence-electron chi connectivity index (χ2n) is 6.05. The lowest BCUT2D eigenvalue weighted by atomic mass is 9.95. The standard InChI is InChI=1S/C15H23N5/c1-7-16-13-10(2)12(11-8-17-20(6)9-11)18-14(19-13)15(3,4)5/h8-9H,7H2,1-6H3,(H,16,18,19). The van der Waals surface area contributed by atoms with Crippen LogP contribution in [0.5, 0.6) is 0 Å². The Hall–Kier alpha value is -1.91. The predicted octanol–water partition coefficient (Wildman–Crippen LogP) is 2.91. The summed E-state index contributed by atoms with van der Waals surface area (Å²) in [5.41, 5.74) is 2.95. The summed E-state index contributed by atoms with van der Waals surface area (Å²) in [4.78, 5) is 9.44. The Kier molecular flexibility index (Phi) is 3.79. The molecule has 0 atom stereocenters. The lowest BCUT2D eigenvalue weighted by Crippen LogP contribution is -2.18. The van der Waals surface area contributed by atoms with E-state index in [1.54, 1.807) is 4.68 Å². The van der Waals surface area contributed by atoms with Gasteiger partial charge in [0.15, 0.2) is 0 Å². The maximum absolute atomic E-state index is 4.77. The van der Waals surface area contributed by atoms with Crippen LogP contribution in [0.3, 0.4) is 0 Å². The highest BCUT2D eigenvalue weighted by molar-refractivity contribution is 5.67. The minimum absolute atomic E-state index is 0.0885. The van der Waals surface area contributed by atoms with Crippen molar-refractivity contribution < 1.29 is 0 Å². The van der Waals surface area contributed by atoms with E-state index in [0.29, 0.717) is 0 Å². The molecule has 0 aliphatic heterocycles. The van der Waals surface area contributed by atoms with Gasteiger partial charge in [0.25, 0.3) is 0 Å². The fourth-order valence-corrected chi connectivity index (χ4v) is 2.02. The van der Waals surface area contributed by atoms with E-state index in [4.69, 9.17) is 4.98 Å². The lowest BCUT2D eigenvalue weighted by molar-refractivity contribution is 0.546. The van der Waals surface area contributed by atoms with Gasteiger partial charge in [0.05, 0.1) is 11.9 Å². The fraction of sp³-hybridized carbons (Fsp3) is 0.533. The van der Waals surface area contributed by atoms with E-state index in [9.17, 15) is 0 Å². The molecule has 0 aliphatic rings. The van der Waals surface area contributed by atoms with Crippen molar-refractivity contribution in [1.29, 1.82) is 0 Å². The molecule has 5 nitrogen and oxygen atoms in total. The minimum atomic E-state index is -0.0885. The summed E-state index contributed by atoms with van der Waals surface area (Å²) >= 11 is 0. The zero-order chi connectivity index (χ0) is 14.9. The van der Waals surface area contributed by atoms with E-state index in [0.717, 1.165) is 35.0 Å². The molecule has 0 saturated carbocycles. The molecule has 0 amide bonds. The van der Waals surface area contributed by atoms with E-state index < -0.39 is 0 Å². The van der Waals surface area contributed by atoms with Crippen LogP contribution in [-0.2, 0) is 12.5 Å². The summed E-state index contributed by atoms with van der Waals surface area (Å²) in [5, 5.41) is 7.56. The second-order valence-corrected chi connectivity index (χ2v) is 6.05. The minimum Gasteiger partial charge on any atom is -0.370 e. The first kappa shape index (κ1) is 14.5. The molecular formula is C15H23N5. The van der Waals surface area contributed by atoms with Gasteiger partial charge < -0.3 is 5.32 Å². The molecule has 2 aromatic rings. The van der Waals surface area contributed by atoms with Gasteiger partial charge in [0.1, 0.15) is 11.6 Å². The molecule has 0 spiro atoms. The number of nitrogens with one attached hydrogen (secondary N) is 1. The van der Waals surface area contributed by atoms with Crippen LogP contribution in [0, 0.1) is 6.92 Å². The average molecular weight is 273 g/mol. The Morgan fingerprint density at radius 2 is 1.95 bits per heavy atom. The number of aryl methyl sites for hydroxylation is 1. The van der Waals surface area contributed by atoms with Gasteiger partial charge in [-0.3, -0.25) is 4.68 Å². The number of nitrogens with zero attached hydrogens (tertiary/aromatic N) is 4. The maximum atomic E-state index is 4.77. The van der Waals surface area contributed by atoms with Crippen LogP contribution in [0.1, 0.15) is 39.1 Å². The Balaban J connectivity index is 2.63. The number of rotatable bonds is 3. The van der Waals surface area contributed by atoms with Crippen molar-refractivity contribution in [3.63, 3.8) is 0 Å². The molecule has 0 fully saturated rings. The summed E-state index contributed by atoms with van der Waals surface area (Å²) < 4.78 is 1.79. The quantitative estimate of drug-likeness (QED) is 0.934. The predicted molar refractivity (Wildman–Crippen MR) is 81.8 cm³/mol. The molecule has 108 valence electrons. The SMILES string of the molecule is CCNc1nc(C(C)(C)C)nc(-c2cnn(C)c2)c1C. The lowest BCUT2D eigenvalue weighted by Gasteiger charge is -2.20. The van der Waals surface area contributed by atoms with Crippen LogP contribution < -0.4 is 5.32 Å². The van der Waals surface area contributed by atoms with Crippen LogP contribution in [-0.4, -0.2) is 26.3 Å². The van der Waals surface area contributed by atoms with Gasteiger partial charge in [-0.1, -0.05) is 20.8 Å². The molecule has 0 bridgehead atoms. The summed E-state index contributed by atoms with van der Waals surface area (Å²) in [5.74, 6) is 1.75. The third kappa shape index (κ3) is 2.81. The van der Waals surface area contributed by atoms with Gasteiger partial charge in [-0.2, -0.15) is 5.10 Å². The first-order valence-electron chi connectivity index (χ1n) is 6.95. The van der Waals surface area contributed by atoms with Crippen molar-refractivity contribution in [2.45, 2.75) is 40.0 Å². The van der Waals surface area contributed by atoms with E-state index in [1.165, 1.54) is 0 Å². The first-order valence-corrected chi connectivity index (χ1v) is 6.95. The molecule has 1 N–H and O–H groups in total. The molecule has 2 aromatic heterocycles. The molecule has 0 aromatic carbocycles. The summed E-state index contributed by atoms with van der Waals surface area (Å²) in [6, 6.07) is 0. The Morgan fingerprint density at radius 1 is 1.25 bits per heavy atom. The summed E-state index contributed by atoms with van der Waals surface area (Å²) in [7, 11) is 1.91. The maximum Gasteiger partial charge on any atom is 0.136 e. The van der Waals surface area contributed by atoms with Crippen molar-refractivity contribution >= 4 is 5.82 Å². The van der Waals surface area contributed by atoms with E-state index >= 15 is 0 Å². The Bertz CT molecular complexity index is 607. The van der Waals surface area contributed by atoms with Crippen LogP contribution in [0.2, 0.25) is 0 Å². The van der Waals surface area contributed by atoms with Crippen LogP contribution in [0.25, 0.3) is 11.3 Å². The van der Waals surface area contributed by atoms with Crippen LogP contribution in [0.15, 0.2) is 12.4 Å². The molecular weight excluding hydrogens is 250 g/mol. The molecule has 20 heavy (non-hydrogen) atoms. The van der Waals surface area contributed by atoms with Crippen molar-refractivity contribution in [2.24, 2.45) is 7.05 Å². The first-order chi connectivity index (χ1) is 9.32. The monoisotopic (exact) mass is 273 g/mol. The molecule has 5 heteroatoms. The van der Waals surface area contributed by atoms with Crippen molar-refractivity contribution in [1.82, 2.24) is 19.7 Å². The largest absolute Gasteiger partial charge is 0.370 e.